The molecule has 132 valence electrons. The van der Waals surface area contributed by atoms with Crippen LogP contribution < -0.4 is 10.5 Å². The van der Waals surface area contributed by atoms with E-state index in [1.165, 1.54) is 6.07 Å². The highest BCUT2D eigenvalue weighted by Crippen LogP contribution is 2.33. The molecular weight excluding hydrogens is 332 g/mol. The van der Waals surface area contributed by atoms with E-state index >= 15 is 0 Å². The summed E-state index contributed by atoms with van der Waals surface area (Å²) in [5, 5.41) is 9.83. The molecule has 6 nitrogen and oxygen atoms in total. The molecule has 8 heteroatoms. The van der Waals surface area contributed by atoms with Crippen molar-refractivity contribution in [1.29, 1.82) is 0 Å². The Bertz CT molecular complexity index is 610. The highest BCUT2D eigenvalue weighted by molar-refractivity contribution is 7.92. The van der Waals surface area contributed by atoms with Crippen molar-refractivity contribution in [3.63, 3.8) is 0 Å². The van der Waals surface area contributed by atoms with E-state index in [9.17, 15) is 13.5 Å². The predicted molar refractivity (Wildman–Crippen MR) is 96.7 cm³/mol. The molecule has 0 radical (unpaired) electrons. The lowest BCUT2D eigenvalue weighted by atomic mass is 10.1. The van der Waals surface area contributed by atoms with Gasteiger partial charge in [0.1, 0.15) is 5.75 Å². The Balaban J connectivity index is 3.14. The molecule has 0 aromatic heterocycles. The molecule has 0 aliphatic carbocycles. The fraction of sp³-hybridized carbons (Fsp3) is 0.600. The van der Waals surface area contributed by atoms with Crippen molar-refractivity contribution >= 4 is 24.0 Å². The van der Waals surface area contributed by atoms with Gasteiger partial charge < -0.3 is 15.3 Å². The minimum atomic E-state index is -3.47. The molecule has 0 aliphatic heterocycles. The summed E-state index contributed by atoms with van der Waals surface area (Å²) in [6, 6.07) is 7.78. The molecule has 1 aromatic carbocycles. The number of rotatable bonds is 9. The third-order valence-corrected chi connectivity index (χ3v) is 9.47. The van der Waals surface area contributed by atoms with Crippen LogP contribution in [-0.4, -0.2) is 34.6 Å². The van der Waals surface area contributed by atoms with Crippen LogP contribution in [0.3, 0.4) is 0 Å². The maximum absolute atomic E-state index is 11.4. The quantitative estimate of drug-likeness (QED) is 0.464. The van der Waals surface area contributed by atoms with E-state index in [2.05, 4.69) is 25.5 Å². The van der Waals surface area contributed by atoms with Crippen molar-refractivity contribution in [2.45, 2.75) is 45.0 Å². The number of sulfonamides is 1. The number of hydrogen-bond donors (Lipinski definition) is 3. The number of hydrogen-bond acceptors (Lipinski definition) is 5. The number of nitrogens with two attached hydrogens (primary N) is 1. The average molecular weight is 361 g/mol. The number of anilines is 1. The second kappa shape index (κ2) is 8.14. The monoisotopic (exact) mass is 360 g/mol. The Kier molecular flexibility index (Phi) is 7.06. The number of aromatic hydroxyl groups is 1. The van der Waals surface area contributed by atoms with Crippen molar-refractivity contribution in [2.24, 2.45) is 5.73 Å². The fourth-order valence-electron chi connectivity index (χ4n) is 2.59. The predicted octanol–water partition coefficient (Wildman–Crippen LogP) is 2.79. The van der Waals surface area contributed by atoms with Gasteiger partial charge in [-0.2, -0.15) is 0 Å². The summed E-state index contributed by atoms with van der Waals surface area (Å²) >= 11 is 0. The molecule has 1 rings (SSSR count). The molecule has 0 saturated carbocycles. The fourth-order valence-corrected chi connectivity index (χ4v) is 5.99. The molecule has 1 aromatic rings. The van der Waals surface area contributed by atoms with Crippen LogP contribution in [0.4, 0.5) is 5.69 Å². The van der Waals surface area contributed by atoms with E-state index in [1.54, 1.807) is 12.1 Å². The molecule has 0 aliphatic rings. The van der Waals surface area contributed by atoms with E-state index in [-0.39, 0.29) is 17.5 Å². The molecule has 1 atom stereocenters. The van der Waals surface area contributed by atoms with Gasteiger partial charge in [-0.25, -0.2) is 8.42 Å². The Morgan fingerprint density at radius 2 is 1.83 bits per heavy atom. The molecule has 0 spiro atoms. The largest absolute Gasteiger partial charge is 0.506 e. The minimum Gasteiger partial charge on any atom is -0.506 e. The van der Waals surface area contributed by atoms with Crippen molar-refractivity contribution < 1.29 is 18.0 Å². The standard InChI is InChI=1S/C15H28N2O4SSi/c1-5-23(6-2,7-3)21-15(11-16)12-8-9-14(18)13(10-12)17-22(4,19)20/h8-10,15,17-18H,5-7,11,16H2,1-4H3/t15-/m0/s1. The molecule has 0 saturated heterocycles. The first kappa shape index (κ1) is 20.0. The zero-order valence-corrected chi connectivity index (χ0v) is 16.1. The van der Waals surface area contributed by atoms with Gasteiger partial charge in [-0.15, -0.1) is 0 Å². The minimum absolute atomic E-state index is 0.125. The van der Waals surface area contributed by atoms with E-state index in [1.807, 2.05) is 0 Å². The summed E-state index contributed by atoms with van der Waals surface area (Å²) in [6.45, 7) is 6.72. The van der Waals surface area contributed by atoms with Crippen LogP contribution in [0.2, 0.25) is 18.1 Å². The van der Waals surface area contributed by atoms with Crippen LogP contribution in [0, 0.1) is 0 Å². The lowest BCUT2D eigenvalue weighted by Gasteiger charge is -2.33. The maximum Gasteiger partial charge on any atom is 0.229 e. The SMILES string of the molecule is CC[Si](CC)(CC)O[C@@H](CN)c1ccc(O)c(NS(C)(=O)=O)c1. The Morgan fingerprint density at radius 1 is 1.26 bits per heavy atom. The maximum atomic E-state index is 11.4. The number of phenols is 1. The lowest BCUT2D eigenvalue weighted by molar-refractivity contribution is 0.198. The molecule has 4 N–H and O–H groups in total. The molecule has 0 amide bonds. The second-order valence-corrected chi connectivity index (χ2v) is 12.2. The summed E-state index contributed by atoms with van der Waals surface area (Å²) in [5.74, 6) is -0.125. The van der Waals surface area contributed by atoms with E-state index in [0.717, 1.165) is 30.0 Å². The van der Waals surface area contributed by atoms with Crippen LogP contribution in [0.25, 0.3) is 0 Å². The molecule has 0 fully saturated rings. The Labute approximate surface area is 140 Å². The van der Waals surface area contributed by atoms with Crippen molar-refractivity contribution in [1.82, 2.24) is 0 Å². The summed E-state index contributed by atoms with van der Waals surface area (Å²) < 4.78 is 31.5. The van der Waals surface area contributed by atoms with E-state index in [4.69, 9.17) is 10.2 Å². The molecule has 0 unspecified atom stereocenters. The topological polar surface area (TPSA) is 102 Å². The summed E-state index contributed by atoms with van der Waals surface area (Å²) in [7, 11) is -5.31. The van der Waals surface area contributed by atoms with Gasteiger partial charge >= 0.3 is 0 Å². The van der Waals surface area contributed by atoms with Gasteiger partial charge in [0, 0.05) is 6.54 Å². The van der Waals surface area contributed by atoms with Gasteiger partial charge in [-0.1, -0.05) is 26.8 Å². The second-order valence-electron chi connectivity index (χ2n) is 5.74. The summed E-state index contributed by atoms with van der Waals surface area (Å²) in [6.07, 6.45) is 0.737. The number of nitrogens with one attached hydrogen (secondary N) is 1. The third kappa shape index (κ3) is 5.49. The normalized spacial score (nSPS) is 13.8. The van der Waals surface area contributed by atoms with Crippen LogP contribution >= 0.6 is 0 Å². The Hall–Kier alpha value is -1.09. The van der Waals surface area contributed by atoms with Crippen molar-refractivity contribution in [3.05, 3.63) is 23.8 Å². The number of phenolic OH excluding ortho intramolecular Hbond substituents is 1. The van der Waals surface area contributed by atoms with Crippen LogP contribution in [0.15, 0.2) is 18.2 Å². The van der Waals surface area contributed by atoms with E-state index in [0.29, 0.717) is 6.54 Å². The molecule has 0 heterocycles. The summed E-state index contributed by atoms with van der Waals surface area (Å²) in [4.78, 5) is 0. The van der Waals surface area contributed by atoms with Gasteiger partial charge in [0.25, 0.3) is 0 Å². The average Bonchev–Trinajstić information content (AvgIpc) is 2.50. The first-order valence-electron chi connectivity index (χ1n) is 7.88. The zero-order valence-electron chi connectivity index (χ0n) is 14.3. The number of benzene rings is 1. The Morgan fingerprint density at radius 3 is 2.26 bits per heavy atom. The van der Waals surface area contributed by atoms with Crippen LogP contribution in [0.5, 0.6) is 5.75 Å². The van der Waals surface area contributed by atoms with Gasteiger partial charge in [0.2, 0.25) is 10.0 Å². The van der Waals surface area contributed by atoms with Crippen molar-refractivity contribution in [2.75, 3.05) is 17.5 Å². The summed E-state index contributed by atoms with van der Waals surface area (Å²) in [5.41, 5.74) is 6.80. The van der Waals surface area contributed by atoms with E-state index < -0.39 is 18.3 Å². The highest BCUT2D eigenvalue weighted by Gasteiger charge is 2.32. The first-order chi connectivity index (χ1) is 10.7. The van der Waals surface area contributed by atoms with Gasteiger partial charge in [-0.05, 0) is 35.8 Å². The van der Waals surface area contributed by atoms with Crippen LogP contribution in [0.1, 0.15) is 32.4 Å². The highest BCUT2D eigenvalue weighted by atomic mass is 32.2. The molecular formula is C15H28N2O4SSi. The van der Waals surface area contributed by atoms with Gasteiger partial charge in [-0.3, -0.25) is 4.72 Å². The van der Waals surface area contributed by atoms with Gasteiger partial charge in [0.15, 0.2) is 8.32 Å². The third-order valence-electron chi connectivity index (χ3n) is 4.23. The molecule has 23 heavy (non-hydrogen) atoms. The van der Waals surface area contributed by atoms with Gasteiger partial charge in [0.05, 0.1) is 18.0 Å². The van der Waals surface area contributed by atoms with Crippen molar-refractivity contribution in [3.8, 4) is 5.75 Å². The van der Waals surface area contributed by atoms with Crippen LogP contribution in [-0.2, 0) is 14.4 Å². The zero-order chi connectivity index (χ0) is 17.7. The molecule has 0 bridgehead atoms. The first-order valence-corrected chi connectivity index (χ1v) is 12.3. The smallest absolute Gasteiger partial charge is 0.229 e. The lowest BCUT2D eigenvalue weighted by Crippen LogP contribution is -2.39.